The van der Waals surface area contributed by atoms with Crippen LogP contribution in [0.15, 0.2) is 40.4 Å². The van der Waals surface area contributed by atoms with Gasteiger partial charge in [0.15, 0.2) is 0 Å². The molecule has 0 spiro atoms. The third kappa shape index (κ3) is 3.18. The van der Waals surface area contributed by atoms with E-state index in [4.69, 9.17) is 0 Å². The number of aliphatic imine (C=N–C) groups is 1. The van der Waals surface area contributed by atoms with Crippen molar-refractivity contribution in [3.05, 3.63) is 35.9 Å². The summed E-state index contributed by atoms with van der Waals surface area (Å²) in [5.74, 6) is 0. The average molecular weight is 294 g/mol. The second-order valence-electron chi connectivity index (χ2n) is 4.26. The molecule has 0 fully saturated rings. The summed E-state index contributed by atoms with van der Waals surface area (Å²) in [6.07, 6.45) is 0. The number of hydrazone groups is 1. The Hall–Kier alpha value is -1.12. The van der Waals surface area contributed by atoms with E-state index >= 15 is 0 Å². The maximum atomic E-state index is 4.54. The van der Waals surface area contributed by atoms with E-state index in [0.29, 0.717) is 25.8 Å². The Bertz CT molecular complexity index is 437. The zero-order valence-corrected chi connectivity index (χ0v) is 12.1. The Morgan fingerprint density at radius 1 is 1.29 bits per heavy atom. The Morgan fingerprint density at radius 2 is 2.00 bits per heavy atom. The molecule has 1 heterocycles. The van der Waals surface area contributed by atoms with Crippen LogP contribution in [0.2, 0.25) is 4.82 Å². The Labute approximate surface area is 109 Å². The monoisotopic (exact) mass is 295 g/mol. The van der Waals surface area contributed by atoms with Gasteiger partial charge < -0.3 is 0 Å². The molecule has 4 heteroatoms. The van der Waals surface area contributed by atoms with Crippen LogP contribution in [0, 0.1) is 0 Å². The van der Waals surface area contributed by atoms with Crippen LogP contribution >= 0.6 is 0 Å². The number of nitrogens with zero attached hydrogens (tertiary/aromatic N) is 2. The summed E-state index contributed by atoms with van der Waals surface area (Å²) < 4.78 is 1.06. The van der Waals surface area contributed by atoms with Crippen LogP contribution in [0.1, 0.15) is 26.3 Å². The summed E-state index contributed by atoms with van der Waals surface area (Å²) in [4.78, 5) is 5.02. The van der Waals surface area contributed by atoms with Crippen molar-refractivity contribution in [1.29, 1.82) is 0 Å². The normalized spacial score (nSPS) is 22.5. The summed E-state index contributed by atoms with van der Waals surface area (Å²) in [5, 5.41) is 4.47. The first-order chi connectivity index (χ1) is 8.16. The quantitative estimate of drug-likeness (QED) is 0.835. The molecule has 1 aliphatic rings. The molecule has 1 aliphatic heterocycles. The molecular weight excluding hydrogens is 277 g/mol. The molecule has 0 saturated heterocycles. The van der Waals surface area contributed by atoms with Gasteiger partial charge in [-0.3, -0.25) is 0 Å². The van der Waals surface area contributed by atoms with Crippen molar-refractivity contribution in [2.45, 2.75) is 31.6 Å². The molecule has 0 amide bonds. The second-order valence-corrected chi connectivity index (χ2v) is 7.05. The van der Waals surface area contributed by atoms with Gasteiger partial charge in [-0.15, -0.1) is 0 Å². The number of amidine groups is 1. The molecule has 0 radical (unpaired) electrons. The first-order valence-electron chi connectivity index (χ1n) is 5.80. The molecule has 17 heavy (non-hydrogen) atoms. The molecule has 1 aromatic carbocycles. The third-order valence-corrected chi connectivity index (χ3v) is 4.48. The van der Waals surface area contributed by atoms with Crippen molar-refractivity contribution >= 4 is 25.4 Å². The number of hydrogen-bond acceptors (Lipinski definition) is 2. The van der Waals surface area contributed by atoms with E-state index in [-0.39, 0.29) is 0 Å². The molecule has 0 aromatic heterocycles. The van der Waals surface area contributed by atoms with Gasteiger partial charge in [0.1, 0.15) is 0 Å². The van der Waals surface area contributed by atoms with Crippen LogP contribution in [0.5, 0.6) is 0 Å². The first kappa shape index (κ1) is 12.3. The molecule has 0 aliphatic carbocycles. The van der Waals surface area contributed by atoms with Gasteiger partial charge in [-0.05, 0) is 0 Å². The summed E-state index contributed by atoms with van der Waals surface area (Å²) in [6, 6.07) is 10.7. The molecular formula is C13H17N3Se. The SMILES string of the molecule is CC(C)N=C1NN=C(c2ccccc2)C(C)[Se]1. The van der Waals surface area contributed by atoms with E-state index in [1.165, 1.54) is 5.56 Å². The van der Waals surface area contributed by atoms with Crippen molar-refractivity contribution < 1.29 is 0 Å². The second kappa shape index (κ2) is 5.48. The predicted molar refractivity (Wildman–Crippen MR) is 73.9 cm³/mol. The van der Waals surface area contributed by atoms with Crippen LogP contribution in [-0.4, -0.2) is 31.4 Å². The molecule has 0 saturated carbocycles. The van der Waals surface area contributed by atoms with Gasteiger partial charge in [0, 0.05) is 0 Å². The van der Waals surface area contributed by atoms with Crippen LogP contribution < -0.4 is 5.43 Å². The number of rotatable bonds is 2. The van der Waals surface area contributed by atoms with E-state index in [1.807, 2.05) is 6.07 Å². The van der Waals surface area contributed by atoms with E-state index in [9.17, 15) is 0 Å². The first-order valence-corrected chi connectivity index (χ1v) is 7.65. The van der Waals surface area contributed by atoms with Crippen molar-refractivity contribution in [1.82, 2.24) is 5.43 Å². The van der Waals surface area contributed by atoms with Gasteiger partial charge in [-0.1, -0.05) is 0 Å². The van der Waals surface area contributed by atoms with Crippen molar-refractivity contribution in [2.75, 3.05) is 0 Å². The molecule has 3 nitrogen and oxygen atoms in total. The van der Waals surface area contributed by atoms with E-state index in [0.717, 1.165) is 10.4 Å². The number of hydrogen-bond donors (Lipinski definition) is 1. The Kier molecular flexibility index (Phi) is 3.97. The van der Waals surface area contributed by atoms with Crippen LogP contribution in [0.25, 0.3) is 0 Å². The van der Waals surface area contributed by atoms with Gasteiger partial charge in [0.05, 0.1) is 0 Å². The fourth-order valence-electron chi connectivity index (χ4n) is 1.65. The summed E-state index contributed by atoms with van der Waals surface area (Å²) >= 11 is 0.344. The number of benzene rings is 1. The molecule has 1 N–H and O–H groups in total. The zero-order valence-electron chi connectivity index (χ0n) is 10.3. The Morgan fingerprint density at radius 3 is 2.59 bits per heavy atom. The number of nitrogens with one attached hydrogen (secondary N) is 1. The van der Waals surface area contributed by atoms with E-state index < -0.39 is 0 Å². The van der Waals surface area contributed by atoms with E-state index in [2.05, 4.69) is 60.6 Å². The summed E-state index contributed by atoms with van der Waals surface area (Å²) in [6.45, 7) is 6.40. The van der Waals surface area contributed by atoms with Crippen LogP contribution in [0.4, 0.5) is 0 Å². The van der Waals surface area contributed by atoms with Gasteiger partial charge in [-0.25, -0.2) is 0 Å². The molecule has 1 atom stereocenters. The topological polar surface area (TPSA) is 36.8 Å². The fraction of sp³-hybridized carbons (Fsp3) is 0.385. The minimum absolute atomic E-state index is 0.333. The van der Waals surface area contributed by atoms with Gasteiger partial charge >= 0.3 is 108 Å². The predicted octanol–water partition coefficient (Wildman–Crippen LogP) is 2.27. The van der Waals surface area contributed by atoms with Crippen molar-refractivity contribution in [3.63, 3.8) is 0 Å². The standard InChI is InChI=1S/C13H17N3Se/c1-9(2)14-13-16-15-12(10(3)17-13)11-7-5-4-6-8-11/h4-10H,1-3H3,(H,14,16). The fourth-order valence-corrected chi connectivity index (χ4v) is 3.76. The molecule has 90 valence electrons. The minimum atomic E-state index is 0.333. The van der Waals surface area contributed by atoms with E-state index in [1.54, 1.807) is 0 Å². The molecule has 2 rings (SSSR count). The molecule has 0 bridgehead atoms. The summed E-state index contributed by atoms with van der Waals surface area (Å²) in [7, 11) is 0. The average Bonchev–Trinajstić information content (AvgIpc) is 2.29. The Balaban J connectivity index is 2.20. The van der Waals surface area contributed by atoms with Gasteiger partial charge in [-0.2, -0.15) is 0 Å². The van der Waals surface area contributed by atoms with Gasteiger partial charge in [0.2, 0.25) is 0 Å². The molecule has 1 aromatic rings. The van der Waals surface area contributed by atoms with Crippen LogP contribution in [0.3, 0.4) is 0 Å². The summed E-state index contributed by atoms with van der Waals surface area (Å²) in [5.41, 5.74) is 5.45. The van der Waals surface area contributed by atoms with Crippen molar-refractivity contribution in [2.24, 2.45) is 10.1 Å². The van der Waals surface area contributed by atoms with Crippen LogP contribution in [-0.2, 0) is 0 Å². The van der Waals surface area contributed by atoms with Crippen molar-refractivity contribution in [3.8, 4) is 0 Å². The van der Waals surface area contributed by atoms with Gasteiger partial charge in [0.25, 0.3) is 0 Å². The molecule has 1 unspecified atom stereocenters. The zero-order chi connectivity index (χ0) is 12.3. The maximum absolute atomic E-state index is 4.54. The third-order valence-electron chi connectivity index (χ3n) is 2.39.